The van der Waals surface area contributed by atoms with E-state index in [0.29, 0.717) is 26.2 Å². The zero-order valence-electron chi connectivity index (χ0n) is 11.7. The average molecular weight is 306 g/mol. The standard InChI is InChI=1S/C14H18F4N2O/c1-21-10-2-3-11(12(8-10)14(16,17)18)13(9-15)20-6-4-19-5-7-20/h2-3,8,13,19H,4-7,9H2,1H3/t13-/m0/s1. The third-order valence-corrected chi connectivity index (χ3v) is 3.66. The minimum atomic E-state index is -4.54. The van der Waals surface area contributed by atoms with E-state index >= 15 is 0 Å². The fourth-order valence-corrected chi connectivity index (χ4v) is 2.57. The van der Waals surface area contributed by atoms with Crippen LogP contribution in [0.15, 0.2) is 18.2 Å². The summed E-state index contributed by atoms with van der Waals surface area (Å²) in [5.41, 5.74) is -0.865. The van der Waals surface area contributed by atoms with E-state index in [0.717, 1.165) is 6.07 Å². The van der Waals surface area contributed by atoms with Gasteiger partial charge in [0, 0.05) is 26.2 Å². The van der Waals surface area contributed by atoms with Gasteiger partial charge in [-0.1, -0.05) is 6.07 Å². The summed E-state index contributed by atoms with van der Waals surface area (Å²) >= 11 is 0. The first kappa shape index (κ1) is 16.0. The zero-order chi connectivity index (χ0) is 15.5. The van der Waals surface area contributed by atoms with Crippen LogP contribution in [0, 0.1) is 0 Å². The lowest BCUT2D eigenvalue weighted by molar-refractivity contribution is -0.139. The predicted molar refractivity (Wildman–Crippen MR) is 71.2 cm³/mol. The molecule has 1 aromatic carbocycles. The lowest BCUT2D eigenvalue weighted by Gasteiger charge is -2.34. The summed E-state index contributed by atoms with van der Waals surface area (Å²) in [7, 11) is 1.30. The number of benzene rings is 1. The van der Waals surface area contributed by atoms with Gasteiger partial charge in [0.2, 0.25) is 0 Å². The van der Waals surface area contributed by atoms with Crippen molar-refractivity contribution in [1.29, 1.82) is 0 Å². The highest BCUT2D eigenvalue weighted by molar-refractivity contribution is 5.39. The summed E-state index contributed by atoms with van der Waals surface area (Å²) in [6.07, 6.45) is -4.54. The Balaban J connectivity index is 2.39. The minimum absolute atomic E-state index is 0.0345. The van der Waals surface area contributed by atoms with Gasteiger partial charge in [-0.05, 0) is 17.7 Å². The molecule has 1 aliphatic heterocycles. The summed E-state index contributed by atoms with van der Waals surface area (Å²) < 4.78 is 57.9. The first-order valence-electron chi connectivity index (χ1n) is 6.73. The Morgan fingerprint density at radius 1 is 1.29 bits per heavy atom. The number of methoxy groups -OCH3 is 1. The molecule has 0 bridgehead atoms. The van der Waals surface area contributed by atoms with Crippen molar-refractivity contribution >= 4 is 0 Å². The third kappa shape index (κ3) is 3.65. The third-order valence-electron chi connectivity index (χ3n) is 3.66. The SMILES string of the molecule is COc1ccc([C@H](CF)N2CCNCC2)c(C(F)(F)F)c1. The second-order valence-electron chi connectivity index (χ2n) is 4.91. The first-order chi connectivity index (χ1) is 9.97. The minimum Gasteiger partial charge on any atom is -0.497 e. The summed E-state index contributed by atoms with van der Waals surface area (Å²) in [5, 5.41) is 3.10. The lowest BCUT2D eigenvalue weighted by Crippen LogP contribution is -2.46. The summed E-state index contributed by atoms with van der Waals surface area (Å²) in [4.78, 5) is 1.74. The Labute approximate surface area is 120 Å². The molecule has 1 atom stereocenters. The van der Waals surface area contributed by atoms with E-state index < -0.39 is 24.5 Å². The maximum Gasteiger partial charge on any atom is 0.416 e. The van der Waals surface area contributed by atoms with E-state index in [1.807, 2.05) is 0 Å². The van der Waals surface area contributed by atoms with Crippen LogP contribution in [0.2, 0.25) is 0 Å². The zero-order valence-corrected chi connectivity index (χ0v) is 11.7. The summed E-state index contributed by atoms with van der Waals surface area (Å²) in [6.45, 7) is 1.49. The molecule has 118 valence electrons. The normalized spacial score (nSPS) is 18.5. The van der Waals surface area contributed by atoms with Crippen molar-refractivity contribution in [2.45, 2.75) is 12.2 Å². The Morgan fingerprint density at radius 2 is 1.95 bits per heavy atom. The topological polar surface area (TPSA) is 24.5 Å². The first-order valence-corrected chi connectivity index (χ1v) is 6.73. The van der Waals surface area contributed by atoms with Crippen LogP contribution in [-0.2, 0) is 6.18 Å². The van der Waals surface area contributed by atoms with E-state index in [-0.39, 0.29) is 11.3 Å². The van der Waals surface area contributed by atoms with Gasteiger partial charge in [0.05, 0.1) is 18.7 Å². The number of nitrogens with zero attached hydrogens (tertiary/aromatic N) is 1. The fraction of sp³-hybridized carbons (Fsp3) is 0.571. The molecule has 2 rings (SSSR count). The van der Waals surface area contributed by atoms with Crippen molar-refractivity contribution in [2.75, 3.05) is 40.0 Å². The second kappa shape index (κ2) is 6.62. The average Bonchev–Trinajstić information content (AvgIpc) is 2.48. The van der Waals surface area contributed by atoms with Gasteiger partial charge in [0.1, 0.15) is 12.4 Å². The monoisotopic (exact) mass is 306 g/mol. The van der Waals surface area contributed by atoms with Crippen LogP contribution in [0.5, 0.6) is 5.75 Å². The van der Waals surface area contributed by atoms with Crippen LogP contribution in [-0.4, -0.2) is 44.9 Å². The number of piperazine rings is 1. The largest absolute Gasteiger partial charge is 0.497 e. The molecule has 0 radical (unpaired) electrons. The van der Waals surface area contributed by atoms with Crippen molar-refractivity contribution in [2.24, 2.45) is 0 Å². The van der Waals surface area contributed by atoms with E-state index in [1.165, 1.54) is 19.2 Å². The van der Waals surface area contributed by atoms with Crippen LogP contribution in [0.1, 0.15) is 17.2 Å². The van der Waals surface area contributed by atoms with Crippen molar-refractivity contribution < 1.29 is 22.3 Å². The molecule has 1 heterocycles. The lowest BCUT2D eigenvalue weighted by atomic mass is 9.98. The Kier molecular flexibility index (Phi) is 5.05. The van der Waals surface area contributed by atoms with Crippen molar-refractivity contribution in [1.82, 2.24) is 10.2 Å². The van der Waals surface area contributed by atoms with Crippen molar-refractivity contribution in [3.63, 3.8) is 0 Å². The van der Waals surface area contributed by atoms with Crippen LogP contribution >= 0.6 is 0 Å². The molecule has 0 aromatic heterocycles. The van der Waals surface area contributed by atoms with E-state index in [9.17, 15) is 17.6 Å². The van der Waals surface area contributed by atoms with Gasteiger partial charge in [-0.25, -0.2) is 4.39 Å². The number of halogens is 4. The molecule has 0 saturated carbocycles. The number of hydrogen-bond acceptors (Lipinski definition) is 3. The Hall–Kier alpha value is -1.34. The van der Waals surface area contributed by atoms with Crippen molar-refractivity contribution in [3.05, 3.63) is 29.3 Å². The number of nitrogens with one attached hydrogen (secondary N) is 1. The van der Waals surface area contributed by atoms with Gasteiger partial charge in [-0.2, -0.15) is 13.2 Å². The van der Waals surface area contributed by atoms with Crippen LogP contribution < -0.4 is 10.1 Å². The predicted octanol–water partition coefficient (Wildman–Crippen LogP) is 2.63. The molecule has 1 fully saturated rings. The quantitative estimate of drug-likeness (QED) is 0.866. The molecule has 0 amide bonds. The van der Waals surface area contributed by atoms with Crippen LogP contribution in [0.4, 0.5) is 17.6 Å². The molecule has 1 N–H and O–H groups in total. The number of rotatable bonds is 4. The maximum atomic E-state index is 13.4. The molecule has 0 spiro atoms. The summed E-state index contributed by atoms with van der Waals surface area (Å²) in [6, 6.07) is 2.80. The number of alkyl halides is 4. The van der Waals surface area contributed by atoms with Gasteiger partial charge < -0.3 is 10.1 Å². The highest BCUT2D eigenvalue weighted by Crippen LogP contribution is 2.38. The summed E-state index contributed by atoms with van der Waals surface area (Å²) in [5.74, 6) is 0.115. The van der Waals surface area contributed by atoms with E-state index in [4.69, 9.17) is 4.74 Å². The van der Waals surface area contributed by atoms with Gasteiger partial charge in [-0.15, -0.1) is 0 Å². The molecule has 1 aromatic rings. The van der Waals surface area contributed by atoms with Gasteiger partial charge in [0.25, 0.3) is 0 Å². The smallest absolute Gasteiger partial charge is 0.416 e. The van der Waals surface area contributed by atoms with Gasteiger partial charge in [0.15, 0.2) is 0 Å². The van der Waals surface area contributed by atoms with E-state index in [1.54, 1.807) is 4.90 Å². The maximum absolute atomic E-state index is 13.4. The fourth-order valence-electron chi connectivity index (χ4n) is 2.57. The second-order valence-corrected chi connectivity index (χ2v) is 4.91. The highest BCUT2D eigenvalue weighted by Gasteiger charge is 2.37. The highest BCUT2D eigenvalue weighted by atomic mass is 19.4. The van der Waals surface area contributed by atoms with Crippen molar-refractivity contribution in [3.8, 4) is 5.75 Å². The molecule has 0 unspecified atom stereocenters. The van der Waals surface area contributed by atoms with Crippen LogP contribution in [0.3, 0.4) is 0 Å². The molecule has 1 saturated heterocycles. The van der Waals surface area contributed by atoms with Crippen LogP contribution in [0.25, 0.3) is 0 Å². The molecule has 7 heteroatoms. The van der Waals surface area contributed by atoms with Gasteiger partial charge >= 0.3 is 6.18 Å². The molecular formula is C14H18F4N2O. The Morgan fingerprint density at radius 3 is 2.48 bits per heavy atom. The Bertz CT molecular complexity index is 473. The molecule has 21 heavy (non-hydrogen) atoms. The molecule has 1 aliphatic rings. The number of ether oxygens (including phenoxy) is 1. The molecule has 3 nitrogen and oxygen atoms in total. The van der Waals surface area contributed by atoms with Gasteiger partial charge in [-0.3, -0.25) is 4.90 Å². The van der Waals surface area contributed by atoms with E-state index in [2.05, 4.69) is 5.32 Å². The molecule has 0 aliphatic carbocycles. The molecular weight excluding hydrogens is 288 g/mol. The number of hydrogen-bond donors (Lipinski definition) is 1.